The van der Waals surface area contributed by atoms with Crippen molar-refractivity contribution in [3.05, 3.63) is 59.2 Å². The van der Waals surface area contributed by atoms with Gasteiger partial charge in [0.15, 0.2) is 0 Å². The number of rotatable bonds is 9. The van der Waals surface area contributed by atoms with E-state index in [-0.39, 0.29) is 35.7 Å². The summed E-state index contributed by atoms with van der Waals surface area (Å²) in [5.74, 6) is -0.0249. The van der Waals surface area contributed by atoms with Crippen LogP contribution in [0.5, 0.6) is 0 Å². The zero-order chi connectivity index (χ0) is 25.6. The molecule has 0 aliphatic carbocycles. The first-order valence-electron chi connectivity index (χ1n) is 11.9. The highest BCUT2D eigenvalue weighted by atomic mass is 32.2. The predicted molar refractivity (Wildman–Crippen MR) is 142 cm³/mol. The molecule has 190 valence electrons. The van der Waals surface area contributed by atoms with E-state index in [1.807, 2.05) is 45.2 Å². The zero-order valence-electron chi connectivity index (χ0n) is 20.8. The minimum atomic E-state index is -3.58. The molecule has 0 bridgehead atoms. The lowest BCUT2D eigenvalue weighted by molar-refractivity contribution is -0.130. The van der Waals surface area contributed by atoms with Gasteiger partial charge in [-0.1, -0.05) is 29.8 Å². The number of nitrogens with one attached hydrogen (secondary N) is 2. The Hall–Kier alpha value is -2.36. The van der Waals surface area contributed by atoms with Crippen molar-refractivity contribution in [2.45, 2.75) is 51.0 Å². The van der Waals surface area contributed by atoms with Crippen LogP contribution in [0.15, 0.2) is 47.4 Å². The van der Waals surface area contributed by atoms with Crippen molar-refractivity contribution in [2.75, 3.05) is 30.4 Å². The van der Waals surface area contributed by atoms with Crippen LogP contribution < -0.4 is 10.6 Å². The van der Waals surface area contributed by atoms with Crippen molar-refractivity contribution < 1.29 is 18.0 Å². The smallest absolute Gasteiger partial charge is 0.246 e. The lowest BCUT2D eigenvalue weighted by atomic mass is 9.96. The van der Waals surface area contributed by atoms with Crippen molar-refractivity contribution in [3.8, 4) is 0 Å². The lowest BCUT2D eigenvalue weighted by Crippen LogP contribution is -2.49. The summed E-state index contributed by atoms with van der Waals surface area (Å²) in [4.78, 5) is 26.4. The Morgan fingerprint density at radius 1 is 1.03 bits per heavy atom. The molecule has 0 radical (unpaired) electrons. The summed E-state index contributed by atoms with van der Waals surface area (Å²) in [7, 11) is -3.58. The monoisotopic (exact) mass is 517 g/mol. The minimum absolute atomic E-state index is 0.195. The minimum Gasteiger partial charge on any atom is -0.344 e. The molecule has 9 heteroatoms. The Balaban J connectivity index is 1.61. The number of carbonyl (C=O) groups excluding carboxylic acids is 2. The van der Waals surface area contributed by atoms with Gasteiger partial charge < -0.3 is 10.6 Å². The molecule has 2 aromatic carbocycles. The molecule has 0 aromatic heterocycles. The van der Waals surface area contributed by atoms with Crippen LogP contribution in [0, 0.1) is 26.7 Å². The van der Waals surface area contributed by atoms with Crippen LogP contribution in [0.4, 0.5) is 5.69 Å². The number of thioether (sulfide) groups is 1. The number of aryl methyl sites for hydroxylation is 3. The average molecular weight is 518 g/mol. The average Bonchev–Trinajstić information content (AvgIpc) is 2.84. The number of sulfonamides is 1. The second kappa shape index (κ2) is 12.1. The number of anilines is 1. The van der Waals surface area contributed by atoms with E-state index in [9.17, 15) is 18.0 Å². The van der Waals surface area contributed by atoms with Crippen LogP contribution in [0.1, 0.15) is 36.0 Å². The van der Waals surface area contributed by atoms with E-state index in [0.717, 1.165) is 28.1 Å². The van der Waals surface area contributed by atoms with Gasteiger partial charge in [-0.05, 0) is 81.4 Å². The molecule has 1 unspecified atom stereocenters. The number of hydrogen-bond acceptors (Lipinski definition) is 5. The maximum atomic E-state index is 13.0. The van der Waals surface area contributed by atoms with Gasteiger partial charge in [0.2, 0.25) is 21.8 Å². The number of benzene rings is 2. The predicted octanol–water partition coefficient (Wildman–Crippen LogP) is 3.89. The highest BCUT2D eigenvalue weighted by Gasteiger charge is 2.33. The standard InChI is InChI=1S/C26H35N3O4S2/c1-18-6-9-22(10-7-18)35(32,33)29-14-11-21(12-15-29)25(30)27-23(13-16-34-4)26(31)28-24-17-19(2)5-8-20(24)3/h5-10,17,21,23H,11-16H2,1-4H3,(H,27,30)(H,28,31). The molecule has 0 saturated carbocycles. The summed E-state index contributed by atoms with van der Waals surface area (Å²) in [6.07, 6.45) is 3.32. The van der Waals surface area contributed by atoms with Crippen molar-refractivity contribution in [2.24, 2.45) is 5.92 Å². The van der Waals surface area contributed by atoms with Crippen LogP contribution in [-0.2, 0) is 19.6 Å². The topological polar surface area (TPSA) is 95.6 Å². The molecule has 7 nitrogen and oxygen atoms in total. The van der Waals surface area contributed by atoms with Crippen molar-refractivity contribution in [1.82, 2.24) is 9.62 Å². The van der Waals surface area contributed by atoms with E-state index in [1.54, 1.807) is 36.0 Å². The quantitative estimate of drug-likeness (QED) is 0.526. The summed E-state index contributed by atoms with van der Waals surface area (Å²) in [6.45, 7) is 6.36. The summed E-state index contributed by atoms with van der Waals surface area (Å²) in [5, 5.41) is 5.90. The molecule has 1 heterocycles. The van der Waals surface area contributed by atoms with Crippen LogP contribution in [0.2, 0.25) is 0 Å². The number of amides is 2. The van der Waals surface area contributed by atoms with Gasteiger partial charge in [0.25, 0.3) is 0 Å². The molecule has 2 aromatic rings. The Bertz CT molecular complexity index is 1140. The largest absolute Gasteiger partial charge is 0.344 e. The first-order chi connectivity index (χ1) is 16.6. The molecule has 35 heavy (non-hydrogen) atoms. The first-order valence-corrected chi connectivity index (χ1v) is 14.7. The molecule has 1 saturated heterocycles. The lowest BCUT2D eigenvalue weighted by Gasteiger charge is -2.31. The fraction of sp³-hybridized carbons (Fsp3) is 0.462. The highest BCUT2D eigenvalue weighted by molar-refractivity contribution is 7.98. The molecule has 1 aliphatic heterocycles. The molecule has 1 atom stereocenters. The Kier molecular flexibility index (Phi) is 9.38. The van der Waals surface area contributed by atoms with Crippen LogP contribution >= 0.6 is 11.8 Å². The summed E-state index contributed by atoms with van der Waals surface area (Å²) < 4.78 is 27.4. The fourth-order valence-corrected chi connectivity index (χ4v) is 6.04. The van der Waals surface area contributed by atoms with Gasteiger partial charge >= 0.3 is 0 Å². The zero-order valence-corrected chi connectivity index (χ0v) is 22.5. The number of nitrogens with zero attached hydrogens (tertiary/aromatic N) is 1. The maximum absolute atomic E-state index is 13.0. The third kappa shape index (κ3) is 7.08. The molecular formula is C26H35N3O4S2. The van der Waals surface area contributed by atoms with E-state index in [2.05, 4.69) is 10.6 Å². The summed E-state index contributed by atoms with van der Waals surface area (Å²) >= 11 is 1.62. The molecule has 3 rings (SSSR count). The van der Waals surface area contributed by atoms with Gasteiger partial charge in [-0.25, -0.2) is 8.42 Å². The van der Waals surface area contributed by atoms with Gasteiger partial charge in [-0.2, -0.15) is 16.1 Å². The highest BCUT2D eigenvalue weighted by Crippen LogP contribution is 2.25. The van der Waals surface area contributed by atoms with E-state index in [4.69, 9.17) is 0 Å². The summed E-state index contributed by atoms with van der Waals surface area (Å²) in [6, 6.07) is 12.0. The normalized spacial score (nSPS) is 16.0. The van der Waals surface area contributed by atoms with Gasteiger partial charge in [-0.3, -0.25) is 9.59 Å². The van der Waals surface area contributed by atoms with E-state index in [1.165, 1.54) is 4.31 Å². The van der Waals surface area contributed by atoms with Crippen LogP contribution in [-0.4, -0.2) is 55.7 Å². The second-order valence-electron chi connectivity index (χ2n) is 9.14. The SMILES string of the molecule is CSCCC(NC(=O)C1CCN(S(=O)(=O)c2ccc(C)cc2)CC1)C(=O)Nc1cc(C)ccc1C. The Morgan fingerprint density at radius 3 is 2.29 bits per heavy atom. The molecule has 1 fully saturated rings. The fourth-order valence-electron chi connectivity index (χ4n) is 4.10. The third-order valence-corrected chi connectivity index (χ3v) is 8.93. The molecular weight excluding hydrogens is 482 g/mol. The first kappa shape index (κ1) is 27.2. The Labute approximate surface area is 213 Å². The van der Waals surface area contributed by atoms with Gasteiger partial charge in [-0.15, -0.1) is 0 Å². The van der Waals surface area contributed by atoms with E-state index >= 15 is 0 Å². The third-order valence-electron chi connectivity index (χ3n) is 6.38. The summed E-state index contributed by atoms with van der Waals surface area (Å²) in [5.41, 5.74) is 3.74. The molecule has 2 N–H and O–H groups in total. The Morgan fingerprint density at radius 2 is 1.66 bits per heavy atom. The number of piperidine rings is 1. The molecule has 2 amide bonds. The number of carbonyl (C=O) groups is 2. The van der Waals surface area contributed by atoms with E-state index < -0.39 is 16.1 Å². The van der Waals surface area contributed by atoms with Crippen molar-refractivity contribution >= 4 is 39.3 Å². The van der Waals surface area contributed by atoms with Crippen molar-refractivity contribution in [1.29, 1.82) is 0 Å². The second-order valence-corrected chi connectivity index (χ2v) is 12.1. The van der Waals surface area contributed by atoms with Gasteiger partial charge in [0.1, 0.15) is 6.04 Å². The van der Waals surface area contributed by atoms with Gasteiger partial charge in [0, 0.05) is 24.7 Å². The van der Waals surface area contributed by atoms with Crippen LogP contribution in [0.25, 0.3) is 0 Å². The van der Waals surface area contributed by atoms with Gasteiger partial charge in [0.05, 0.1) is 4.90 Å². The van der Waals surface area contributed by atoms with Crippen LogP contribution in [0.3, 0.4) is 0 Å². The molecule has 1 aliphatic rings. The number of hydrogen-bond donors (Lipinski definition) is 2. The maximum Gasteiger partial charge on any atom is 0.246 e. The van der Waals surface area contributed by atoms with E-state index in [0.29, 0.717) is 19.3 Å². The van der Waals surface area contributed by atoms with Crippen molar-refractivity contribution in [3.63, 3.8) is 0 Å². The molecule has 0 spiro atoms.